The Morgan fingerprint density at radius 2 is 1.52 bits per heavy atom. The molecule has 7 heteroatoms. The van der Waals surface area contributed by atoms with Gasteiger partial charge in [0.25, 0.3) is 0 Å². The number of carbonyl (C=O) groups is 2. The number of carbonyl (C=O) groups excluding carboxylic acids is 2. The molecule has 2 heterocycles. The maximum atomic E-state index is 13.4. The zero-order chi connectivity index (χ0) is 32.3. The second-order valence-electron chi connectivity index (χ2n) is 13.5. The van der Waals surface area contributed by atoms with Gasteiger partial charge in [-0.3, -0.25) is 10.1 Å². The fraction of sp³-hybridized carbons (Fsp3) is 0.308. The molecule has 6 rings (SSSR count). The molecule has 46 heavy (non-hydrogen) atoms. The first-order chi connectivity index (χ1) is 22.1. The summed E-state index contributed by atoms with van der Waals surface area (Å²) in [6.45, 7) is 9.90. The Labute approximate surface area is 271 Å². The number of amides is 3. The molecule has 1 fully saturated rings. The number of benzene rings is 4. The monoisotopic (exact) mass is 613 g/mol. The quantitative estimate of drug-likeness (QED) is 0.194. The van der Waals surface area contributed by atoms with Crippen molar-refractivity contribution in [1.82, 2.24) is 14.7 Å². The molecule has 0 spiro atoms. The van der Waals surface area contributed by atoms with Crippen LogP contribution in [0.25, 0.3) is 16.5 Å². The highest BCUT2D eigenvalue weighted by atomic mass is 16.2. The second-order valence-corrected chi connectivity index (χ2v) is 13.5. The lowest BCUT2D eigenvalue weighted by molar-refractivity contribution is -0.131. The summed E-state index contributed by atoms with van der Waals surface area (Å²) in [6, 6.07) is 32.3. The molecule has 0 saturated carbocycles. The number of anilines is 2. The second kappa shape index (κ2) is 13.2. The Hall–Kier alpha value is -4.91. The number of urea groups is 1. The van der Waals surface area contributed by atoms with Crippen LogP contribution in [0.15, 0.2) is 97.1 Å². The molecule has 7 nitrogen and oxygen atoms in total. The minimum atomic E-state index is -0.310. The van der Waals surface area contributed by atoms with Crippen LogP contribution in [-0.4, -0.2) is 39.7 Å². The van der Waals surface area contributed by atoms with Crippen molar-refractivity contribution < 1.29 is 9.59 Å². The molecule has 1 saturated heterocycles. The van der Waals surface area contributed by atoms with Gasteiger partial charge in [-0.1, -0.05) is 99.1 Å². The summed E-state index contributed by atoms with van der Waals surface area (Å²) < 4.78 is 1.79. The van der Waals surface area contributed by atoms with Gasteiger partial charge in [0.2, 0.25) is 5.91 Å². The van der Waals surface area contributed by atoms with Crippen LogP contribution in [0.1, 0.15) is 56.0 Å². The van der Waals surface area contributed by atoms with E-state index in [1.807, 2.05) is 72.5 Å². The van der Waals surface area contributed by atoms with E-state index < -0.39 is 0 Å². The maximum Gasteiger partial charge on any atom is 0.324 e. The van der Waals surface area contributed by atoms with Crippen molar-refractivity contribution in [1.29, 1.82) is 0 Å². The molecule has 5 aromatic rings. The standard InChI is InChI=1S/C39H43N5O2/c1-27-13-17-33(18-14-27)44-36(26-35(42-44)39(2,3)4)41-38(46)40-34-12-8-7-11-32(34)23-28-19-21-43(22-20-28)37(45)25-29-15-16-30-9-5-6-10-31(30)24-29/h5-18,24,26,28H,19-23,25H2,1-4H3,(H2,40,41,46). The third kappa shape index (κ3) is 7.31. The zero-order valence-electron chi connectivity index (χ0n) is 27.2. The number of piperidine rings is 1. The summed E-state index contributed by atoms with van der Waals surface area (Å²) in [4.78, 5) is 28.5. The van der Waals surface area contributed by atoms with E-state index in [0.717, 1.165) is 66.1 Å². The van der Waals surface area contributed by atoms with E-state index in [9.17, 15) is 9.59 Å². The minimum Gasteiger partial charge on any atom is -0.342 e. The van der Waals surface area contributed by atoms with Crippen LogP contribution in [0.3, 0.4) is 0 Å². The molecule has 0 bridgehead atoms. The molecular weight excluding hydrogens is 570 g/mol. The van der Waals surface area contributed by atoms with Crippen LogP contribution in [0.5, 0.6) is 0 Å². The average molecular weight is 614 g/mol. The molecule has 2 N–H and O–H groups in total. The zero-order valence-corrected chi connectivity index (χ0v) is 27.2. The van der Waals surface area contributed by atoms with E-state index in [-0.39, 0.29) is 17.4 Å². The van der Waals surface area contributed by atoms with Crippen molar-refractivity contribution in [2.24, 2.45) is 5.92 Å². The van der Waals surface area contributed by atoms with Crippen molar-refractivity contribution in [2.45, 2.75) is 58.8 Å². The highest BCUT2D eigenvalue weighted by molar-refractivity contribution is 6.00. The number of fused-ring (bicyclic) bond motifs is 1. The molecule has 0 radical (unpaired) electrons. The van der Waals surface area contributed by atoms with Crippen LogP contribution >= 0.6 is 0 Å². The summed E-state index contributed by atoms with van der Waals surface area (Å²) in [6.07, 6.45) is 3.15. The van der Waals surface area contributed by atoms with Gasteiger partial charge < -0.3 is 10.2 Å². The van der Waals surface area contributed by atoms with Crippen molar-refractivity contribution in [3.8, 4) is 5.69 Å². The predicted octanol–water partition coefficient (Wildman–Crippen LogP) is 8.30. The Balaban J connectivity index is 1.07. The molecule has 0 atom stereocenters. The van der Waals surface area contributed by atoms with Gasteiger partial charge >= 0.3 is 6.03 Å². The Kier molecular flexibility index (Phi) is 8.93. The van der Waals surface area contributed by atoms with E-state index in [1.165, 1.54) is 10.8 Å². The molecule has 236 valence electrons. The number of para-hydroxylation sites is 1. The number of hydrogen-bond donors (Lipinski definition) is 2. The molecule has 1 aliphatic rings. The Bertz CT molecular complexity index is 1840. The number of hydrogen-bond acceptors (Lipinski definition) is 3. The molecule has 1 aliphatic heterocycles. The number of likely N-dealkylation sites (tertiary alicyclic amines) is 1. The molecular formula is C39H43N5O2. The Morgan fingerprint density at radius 1 is 0.826 bits per heavy atom. The van der Waals surface area contributed by atoms with Crippen molar-refractivity contribution in [3.63, 3.8) is 0 Å². The van der Waals surface area contributed by atoms with E-state index in [0.29, 0.717) is 18.2 Å². The van der Waals surface area contributed by atoms with Gasteiger partial charge in [-0.05, 0) is 72.2 Å². The fourth-order valence-corrected chi connectivity index (χ4v) is 6.14. The van der Waals surface area contributed by atoms with Gasteiger partial charge in [-0.25, -0.2) is 9.48 Å². The van der Waals surface area contributed by atoms with E-state index in [4.69, 9.17) is 5.10 Å². The van der Waals surface area contributed by atoms with Gasteiger partial charge in [0.15, 0.2) is 0 Å². The molecule has 4 aromatic carbocycles. The number of aryl methyl sites for hydroxylation is 1. The summed E-state index contributed by atoms with van der Waals surface area (Å²) in [5, 5.41) is 13.3. The summed E-state index contributed by atoms with van der Waals surface area (Å²) in [5.74, 6) is 1.24. The predicted molar refractivity (Wildman–Crippen MR) is 187 cm³/mol. The summed E-state index contributed by atoms with van der Waals surface area (Å²) in [7, 11) is 0. The van der Waals surface area contributed by atoms with Crippen LogP contribution in [-0.2, 0) is 23.1 Å². The van der Waals surface area contributed by atoms with Gasteiger partial charge in [-0.2, -0.15) is 5.10 Å². The molecule has 0 unspecified atom stereocenters. The van der Waals surface area contributed by atoms with Gasteiger partial charge in [0.1, 0.15) is 5.82 Å². The first-order valence-corrected chi connectivity index (χ1v) is 16.2. The van der Waals surface area contributed by atoms with Crippen molar-refractivity contribution in [2.75, 3.05) is 23.7 Å². The van der Waals surface area contributed by atoms with Crippen molar-refractivity contribution >= 4 is 34.2 Å². The van der Waals surface area contributed by atoms with Crippen LogP contribution in [0.2, 0.25) is 0 Å². The van der Waals surface area contributed by atoms with Gasteiger partial charge in [-0.15, -0.1) is 0 Å². The van der Waals surface area contributed by atoms with E-state index in [1.54, 1.807) is 4.68 Å². The van der Waals surface area contributed by atoms with Crippen molar-refractivity contribution in [3.05, 3.63) is 119 Å². The topological polar surface area (TPSA) is 79.3 Å². The lowest BCUT2D eigenvalue weighted by atomic mass is 9.89. The molecule has 3 amide bonds. The lowest BCUT2D eigenvalue weighted by Crippen LogP contribution is -2.39. The summed E-state index contributed by atoms with van der Waals surface area (Å²) >= 11 is 0. The fourth-order valence-electron chi connectivity index (χ4n) is 6.14. The highest BCUT2D eigenvalue weighted by Gasteiger charge is 2.25. The molecule has 1 aromatic heterocycles. The average Bonchev–Trinajstić information content (AvgIpc) is 3.47. The number of rotatable bonds is 7. The van der Waals surface area contributed by atoms with Gasteiger partial charge in [0.05, 0.1) is 17.8 Å². The van der Waals surface area contributed by atoms with E-state index in [2.05, 4.69) is 67.8 Å². The number of nitrogens with one attached hydrogen (secondary N) is 2. The third-order valence-electron chi connectivity index (χ3n) is 8.91. The van der Waals surface area contributed by atoms with Crippen LogP contribution < -0.4 is 10.6 Å². The van der Waals surface area contributed by atoms with Crippen LogP contribution in [0.4, 0.5) is 16.3 Å². The molecule has 0 aliphatic carbocycles. The highest BCUT2D eigenvalue weighted by Crippen LogP contribution is 2.29. The van der Waals surface area contributed by atoms with E-state index >= 15 is 0 Å². The lowest BCUT2D eigenvalue weighted by Gasteiger charge is -2.32. The maximum absolute atomic E-state index is 13.4. The first kappa shape index (κ1) is 31.1. The normalized spacial score (nSPS) is 14.0. The number of nitrogens with zero attached hydrogens (tertiary/aromatic N) is 3. The minimum absolute atomic E-state index is 0.175. The largest absolute Gasteiger partial charge is 0.342 e. The smallest absolute Gasteiger partial charge is 0.324 e. The number of aromatic nitrogens is 2. The van der Waals surface area contributed by atoms with Gasteiger partial charge in [0, 0.05) is 30.3 Å². The third-order valence-corrected chi connectivity index (χ3v) is 8.91. The Morgan fingerprint density at radius 3 is 2.26 bits per heavy atom. The van der Waals surface area contributed by atoms with Crippen LogP contribution in [0, 0.1) is 12.8 Å². The summed E-state index contributed by atoms with van der Waals surface area (Å²) in [5.41, 5.74) is 5.72. The first-order valence-electron chi connectivity index (χ1n) is 16.2. The SMILES string of the molecule is Cc1ccc(-n2nc(C(C)(C)C)cc2NC(=O)Nc2ccccc2CC2CCN(C(=O)Cc3ccc4ccccc4c3)CC2)cc1.